The molecule has 0 unspecified atom stereocenters. The van der Waals surface area contributed by atoms with Crippen molar-refractivity contribution in [2.75, 3.05) is 4.90 Å². The van der Waals surface area contributed by atoms with E-state index in [0.717, 1.165) is 28.3 Å². The normalized spacial score (nSPS) is 11.2. The molecule has 1 heterocycles. The first kappa shape index (κ1) is 33.2. The Morgan fingerprint density at radius 3 is 1.14 bits per heavy atom. The Labute approximate surface area is 327 Å². The van der Waals surface area contributed by atoms with Crippen LogP contribution in [0.2, 0.25) is 0 Å². The second kappa shape index (κ2) is 14.4. The number of para-hydroxylation sites is 2. The highest BCUT2D eigenvalue weighted by atomic mass is 15.1. The predicted octanol–water partition coefficient (Wildman–Crippen LogP) is 14.9. The molecule has 2 heteroatoms. The average Bonchev–Trinajstić information content (AvgIpc) is 3.61. The van der Waals surface area contributed by atoms with Gasteiger partial charge in [0.15, 0.2) is 0 Å². The van der Waals surface area contributed by atoms with Crippen molar-refractivity contribution >= 4 is 38.9 Å². The first-order chi connectivity index (χ1) is 27.8. The molecule has 264 valence electrons. The molecule has 2 nitrogen and oxygen atoms in total. The Bertz CT molecular complexity index is 2810. The molecule has 0 fully saturated rings. The lowest BCUT2D eigenvalue weighted by atomic mass is 9.92. The summed E-state index contributed by atoms with van der Waals surface area (Å²) in [6.07, 6.45) is 0. The number of aromatic nitrogens is 1. The molecule has 56 heavy (non-hydrogen) atoms. The molecule has 0 amide bonds. The van der Waals surface area contributed by atoms with E-state index in [2.05, 4.69) is 240 Å². The molecule has 10 rings (SSSR count). The highest BCUT2D eigenvalue weighted by molar-refractivity contribution is 6.10. The summed E-state index contributed by atoms with van der Waals surface area (Å²) in [6.45, 7) is 0. The topological polar surface area (TPSA) is 8.17 Å². The molecule has 0 radical (unpaired) electrons. The molecule has 0 spiro atoms. The highest BCUT2D eigenvalue weighted by Crippen LogP contribution is 2.45. The van der Waals surface area contributed by atoms with E-state index in [9.17, 15) is 0 Å². The summed E-state index contributed by atoms with van der Waals surface area (Å²) in [7, 11) is 0. The molecule has 0 aliphatic rings. The van der Waals surface area contributed by atoms with Gasteiger partial charge in [0, 0.05) is 33.5 Å². The van der Waals surface area contributed by atoms with Gasteiger partial charge >= 0.3 is 0 Å². The zero-order valence-corrected chi connectivity index (χ0v) is 30.8. The number of hydrogen-bond acceptors (Lipinski definition) is 1. The molecule has 10 aromatic rings. The van der Waals surface area contributed by atoms with Gasteiger partial charge in [0.05, 0.1) is 11.0 Å². The van der Waals surface area contributed by atoms with Gasteiger partial charge in [-0.15, -0.1) is 0 Å². The summed E-state index contributed by atoms with van der Waals surface area (Å²) in [5, 5.41) is 2.46. The SMILES string of the molecule is c1ccc(-c2ccc(N(c3ccc(-c4ccccc4)c(-c4ccccc4)c3)c3ccc4c5ccccc5n(-c5ccccc5)c4c3)cc2-c2ccccc2)cc1. The van der Waals surface area contributed by atoms with Gasteiger partial charge in [0.25, 0.3) is 0 Å². The van der Waals surface area contributed by atoms with Crippen LogP contribution in [-0.2, 0) is 0 Å². The lowest BCUT2D eigenvalue weighted by Crippen LogP contribution is -2.11. The fourth-order valence-electron chi connectivity index (χ4n) is 8.20. The zero-order chi connectivity index (χ0) is 37.3. The number of hydrogen-bond donors (Lipinski definition) is 0. The summed E-state index contributed by atoms with van der Waals surface area (Å²) in [4.78, 5) is 2.43. The summed E-state index contributed by atoms with van der Waals surface area (Å²) < 4.78 is 2.40. The van der Waals surface area contributed by atoms with E-state index in [0.29, 0.717) is 0 Å². The maximum absolute atomic E-state index is 2.43. The first-order valence-corrected chi connectivity index (χ1v) is 19.2. The maximum atomic E-state index is 2.43. The van der Waals surface area contributed by atoms with Gasteiger partial charge in [-0.05, 0) is 99.1 Å². The van der Waals surface area contributed by atoms with Crippen molar-refractivity contribution in [1.82, 2.24) is 4.57 Å². The molecule has 0 aliphatic heterocycles. The second-order valence-electron chi connectivity index (χ2n) is 14.1. The number of nitrogens with zero attached hydrogens (tertiary/aromatic N) is 2. The van der Waals surface area contributed by atoms with Crippen LogP contribution in [0, 0.1) is 0 Å². The standard InChI is InChI=1S/C54H38N2/c1-6-18-39(19-7-1)47-33-30-44(36-51(47)41-22-10-3-11-23-41)55(45-31-34-48(40-20-8-2-9-21-40)52(37-45)42-24-12-4-13-25-42)46-32-35-50-49-28-16-17-29-53(49)56(54(50)38-46)43-26-14-5-15-27-43/h1-38H. The molecule has 1 aromatic heterocycles. The van der Waals surface area contributed by atoms with Gasteiger partial charge < -0.3 is 9.47 Å². The van der Waals surface area contributed by atoms with Gasteiger partial charge in [-0.25, -0.2) is 0 Å². The van der Waals surface area contributed by atoms with Gasteiger partial charge in [-0.1, -0.05) is 176 Å². The third-order valence-electron chi connectivity index (χ3n) is 10.8. The fourth-order valence-corrected chi connectivity index (χ4v) is 8.20. The molecule has 0 aliphatic carbocycles. The van der Waals surface area contributed by atoms with Crippen LogP contribution in [0.4, 0.5) is 17.1 Å². The van der Waals surface area contributed by atoms with Gasteiger partial charge in [0.1, 0.15) is 0 Å². The molecule has 0 N–H and O–H groups in total. The summed E-state index contributed by atoms with van der Waals surface area (Å²) >= 11 is 0. The summed E-state index contributed by atoms with van der Waals surface area (Å²) in [5.41, 5.74) is 16.2. The van der Waals surface area contributed by atoms with Crippen molar-refractivity contribution in [2.45, 2.75) is 0 Å². The number of anilines is 3. The van der Waals surface area contributed by atoms with Crippen molar-refractivity contribution in [3.8, 4) is 50.2 Å². The second-order valence-corrected chi connectivity index (χ2v) is 14.1. The fraction of sp³-hybridized carbons (Fsp3) is 0. The Kier molecular flexibility index (Phi) is 8.55. The number of fused-ring (bicyclic) bond motifs is 3. The van der Waals surface area contributed by atoms with E-state index in [-0.39, 0.29) is 0 Å². The van der Waals surface area contributed by atoms with E-state index in [1.54, 1.807) is 0 Å². The molecule has 0 saturated carbocycles. The van der Waals surface area contributed by atoms with E-state index in [1.807, 2.05) is 0 Å². The molecule has 9 aromatic carbocycles. The molecule has 0 bridgehead atoms. The van der Waals surface area contributed by atoms with Crippen molar-refractivity contribution in [3.63, 3.8) is 0 Å². The van der Waals surface area contributed by atoms with Crippen LogP contribution in [0.1, 0.15) is 0 Å². The smallest absolute Gasteiger partial charge is 0.0561 e. The lowest BCUT2D eigenvalue weighted by molar-refractivity contribution is 1.18. The average molecular weight is 715 g/mol. The third kappa shape index (κ3) is 6.04. The third-order valence-corrected chi connectivity index (χ3v) is 10.8. The largest absolute Gasteiger partial charge is 0.310 e. The Hall–Kier alpha value is -7.42. The number of rotatable bonds is 8. The van der Waals surface area contributed by atoms with Crippen LogP contribution in [0.25, 0.3) is 72.0 Å². The van der Waals surface area contributed by atoms with Gasteiger partial charge in [-0.3, -0.25) is 0 Å². The van der Waals surface area contributed by atoms with E-state index < -0.39 is 0 Å². The zero-order valence-electron chi connectivity index (χ0n) is 30.8. The van der Waals surface area contributed by atoms with Crippen molar-refractivity contribution < 1.29 is 0 Å². The van der Waals surface area contributed by atoms with Gasteiger partial charge in [0.2, 0.25) is 0 Å². The quantitative estimate of drug-likeness (QED) is 0.152. The van der Waals surface area contributed by atoms with E-state index >= 15 is 0 Å². The van der Waals surface area contributed by atoms with Crippen LogP contribution in [0.5, 0.6) is 0 Å². The van der Waals surface area contributed by atoms with Crippen LogP contribution in [0.3, 0.4) is 0 Å². The summed E-state index contributed by atoms with van der Waals surface area (Å²) in [5.74, 6) is 0. The summed E-state index contributed by atoms with van der Waals surface area (Å²) in [6, 6.07) is 83.2. The molecule has 0 atom stereocenters. The Morgan fingerprint density at radius 1 is 0.268 bits per heavy atom. The van der Waals surface area contributed by atoms with E-state index in [4.69, 9.17) is 0 Å². The van der Waals surface area contributed by atoms with Gasteiger partial charge in [-0.2, -0.15) is 0 Å². The molecular formula is C54H38N2. The van der Waals surface area contributed by atoms with Crippen LogP contribution in [-0.4, -0.2) is 4.57 Å². The van der Waals surface area contributed by atoms with E-state index in [1.165, 1.54) is 60.8 Å². The maximum Gasteiger partial charge on any atom is 0.0561 e. The van der Waals surface area contributed by atoms with Crippen molar-refractivity contribution in [2.24, 2.45) is 0 Å². The lowest BCUT2D eigenvalue weighted by Gasteiger charge is -2.28. The van der Waals surface area contributed by atoms with Crippen LogP contribution in [0.15, 0.2) is 231 Å². The van der Waals surface area contributed by atoms with Crippen molar-refractivity contribution in [3.05, 3.63) is 231 Å². The van der Waals surface area contributed by atoms with Crippen molar-refractivity contribution in [1.29, 1.82) is 0 Å². The molecular weight excluding hydrogens is 677 g/mol. The predicted molar refractivity (Wildman–Crippen MR) is 237 cm³/mol. The molecule has 0 saturated heterocycles. The van der Waals surface area contributed by atoms with Crippen LogP contribution < -0.4 is 4.90 Å². The first-order valence-electron chi connectivity index (χ1n) is 19.2. The Balaban J connectivity index is 1.25. The minimum Gasteiger partial charge on any atom is -0.310 e. The minimum atomic E-state index is 1.08. The highest BCUT2D eigenvalue weighted by Gasteiger charge is 2.21. The minimum absolute atomic E-state index is 1.08. The number of benzene rings is 9. The Morgan fingerprint density at radius 2 is 0.643 bits per heavy atom. The van der Waals surface area contributed by atoms with Crippen LogP contribution >= 0.6 is 0 Å². The monoisotopic (exact) mass is 714 g/mol.